The summed E-state index contributed by atoms with van der Waals surface area (Å²) in [5.74, 6) is 0.257. The quantitative estimate of drug-likeness (QED) is 0.608. The van der Waals surface area contributed by atoms with Crippen molar-refractivity contribution in [2.24, 2.45) is 0 Å². The second-order valence-corrected chi connectivity index (χ2v) is 7.32. The predicted molar refractivity (Wildman–Crippen MR) is 107 cm³/mol. The molecule has 6 heteroatoms. The van der Waals surface area contributed by atoms with Gasteiger partial charge >= 0.3 is 0 Å². The number of halogens is 1. The second-order valence-electron chi connectivity index (χ2n) is 5.38. The van der Waals surface area contributed by atoms with Gasteiger partial charge in [-0.25, -0.2) is 0 Å². The van der Waals surface area contributed by atoms with Crippen LogP contribution in [0.25, 0.3) is 0 Å². The number of thioether (sulfide) groups is 1. The van der Waals surface area contributed by atoms with Gasteiger partial charge in [0.1, 0.15) is 0 Å². The third-order valence-electron chi connectivity index (χ3n) is 3.64. The number of benzene rings is 2. The molecule has 1 atom stereocenters. The number of para-hydroxylation sites is 1. The number of amides is 1. The summed E-state index contributed by atoms with van der Waals surface area (Å²) in [4.78, 5) is 13.2. The lowest BCUT2D eigenvalue weighted by Crippen LogP contribution is -2.31. The molecule has 2 aromatic carbocycles. The van der Waals surface area contributed by atoms with Crippen LogP contribution in [0.15, 0.2) is 57.9 Å². The van der Waals surface area contributed by atoms with E-state index in [2.05, 4.69) is 51.7 Å². The van der Waals surface area contributed by atoms with Gasteiger partial charge in [0.25, 0.3) is 0 Å². The van der Waals surface area contributed by atoms with Crippen molar-refractivity contribution in [2.45, 2.75) is 24.3 Å². The molecule has 0 aliphatic heterocycles. The molecule has 0 aliphatic rings. The van der Waals surface area contributed by atoms with Gasteiger partial charge in [-0.1, -0.05) is 47.1 Å². The monoisotopic (exact) mass is 417 g/mol. The number of anilines is 1. The topological polar surface area (TPSA) is 64.9 Å². The Morgan fingerprint density at radius 3 is 2.64 bits per heavy atom. The highest BCUT2D eigenvalue weighted by molar-refractivity contribution is 9.10. The largest absolute Gasteiger partial charge is 0.324 e. The first-order chi connectivity index (χ1) is 12.1. The second kappa shape index (κ2) is 10.2. The Morgan fingerprint density at radius 1 is 1.24 bits per heavy atom. The number of carbonyl (C=O) groups is 1. The average Bonchev–Trinajstić information content (AvgIpc) is 2.63. The minimum absolute atomic E-state index is 0.0967. The van der Waals surface area contributed by atoms with E-state index in [0.717, 1.165) is 27.0 Å². The number of nitrogens with zero attached hydrogens (tertiary/aromatic N) is 1. The molecule has 0 saturated carbocycles. The highest BCUT2D eigenvalue weighted by Crippen LogP contribution is 2.26. The third-order valence-corrected chi connectivity index (χ3v) is 5.11. The Morgan fingerprint density at radius 2 is 1.96 bits per heavy atom. The first-order valence-electron chi connectivity index (χ1n) is 8.01. The molecule has 0 aromatic heterocycles. The predicted octanol–water partition coefficient (Wildman–Crippen LogP) is 4.74. The molecule has 0 bridgehead atoms. The van der Waals surface area contributed by atoms with Crippen molar-refractivity contribution in [1.82, 2.24) is 5.32 Å². The van der Waals surface area contributed by atoms with E-state index >= 15 is 0 Å². The minimum atomic E-state index is -0.0967. The van der Waals surface area contributed by atoms with Gasteiger partial charge in [-0.05, 0) is 36.2 Å². The van der Waals surface area contributed by atoms with E-state index in [1.54, 1.807) is 0 Å². The fourth-order valence-electron chi connectivity index (χ4n) is 2.41. The van der Waals surface area contributed by atoms with Gasteiger partial charge in [0.2, 0.25) is 5.91 Å². The molecule has 0 radical (unpaired) electrons. The van der Waals surface area contributed by atoms with Crippen molar-refractivity contribution in [2.75, 3.05) is 17.6 Å². The molecule has 0 spiro atoms. The van der Waals surface area contributed by atoms with Crippen LogP contribution in [-0.4, -0.2) is 18.2 Å². The van der Waals surface area contributed by atoms with Gasteiger partial charge in [-0.3, -0.25) is 4.79 Å². The minimum Gasteiger partial charge on any atom is -0.324 e. The molecule has 0 aliphatic carbocycles. The van der Waals surface area contributed by atoms with Crippen molar-refractivity contribution < 1.29 is 4.79 Å². The first-order valence-corrected chi connectivity index (χ1v) is 9.79. The Bertz CT molecular complexity index is 743. The zero-order valence-electron chi connectivity index (χ0n) is 14.0. The Labute approximate surface area is 161 Å². The highest BCUT2D eigenvalue weighted by atomic mass is 79.9. The molecule has 2 N–H and O–H groups in total. The normalized spacial score (nSPS) is 11.6. The maximum Gasteiger partial charge on any atom is 0.238 e. The summed E-state index contributed by atoms with van der Waals surface area (Å²) in [6.07, 6.45) is 0.892. The molecule has 1 amide bonds. The first kappa shape index (κ1) is 19.5. The van der Waals surface area contributed by atoms with E-state index in [1.165, 1.54) is 11.8 Å². The Balaban J connectivity index is 1.94. The van der Waals surface area contributed by atoms with Crippen LogP contribution in [0, 0.1) is 11.3 Å². The molecular weight excluding hydrogens is 398 g/mol. The van der Waals surface area contributed by atoms with Crippen molar-refractivity contribution in [1.29, 1.82) is 5.26 Å². The van der Waals surface area contributed by atoms with E-state index in [-0.39, 0.29) is 18.5 Å². The number of nitriles is 1. The summed E-state index contributed by atoms with van der Waals surface area (Å²) in [6, 6.07) is 17.9. The van der Waals surface area contributed by atoms with Crippen LogP contribution in [-0.2, 0) is 4.79 Å². The van der Waals surface area contributed by atoms with Gasteiger partial charge in [0.15, 0.2) is 0 Å². The van der Waals surface area contributed by atoms with Crippen LogP contribution in [0.4, 0.5) is 5.69 Å². The zero-order valence-corrected chi connectivity index (χ0v) is 16.4. The van der Waals surface area contributed by atoms with E-state index in [4.69, 9.17) is 5.26 Å². The van der Waals surface area contributed by atoms with Gasteiger partial charge < -0.3 is 10.6 Å². The molecule has 2 rings (SSSR count). The molecule has 25 heavy (non-hydrogen) atoms. The van der Waals surface area contributed by atoms with E-state index in [0.29, 0.717) is 5.75 Å². The third kappa shape index (κ3) is 6.20. The molecule has 0 fully saturated rings. The molecule has 0 heterocycles. The maximum absolute atomic E-state index is 12.3. The summed E-state index contributed by atoms with van der Waals surface area (Å²) in [5, 5.41) is 14.9. The fourth-order valence-corrected chi connectivity index (χ4v) is 3.34. The number of hydrogen-bond donors (Lipinski definition) is 2. The summed E-state index contributed by atoms with van der Waals surface area (Å²) < 4.78 is 1.04. The van der Waals surface area contributed by atoms with Crippen LogP contribution >= 0.6 is 27.7 Å². The maximum atomic E-state index is 12.3. The van der Waals surface area contributed by atoms with E-state index in [1.807, 2.05) is 36.4 Å². The number of carbonyl (C=O) groups excluding carboxylic acids is 1. The van der Waals surface area contributed by atoms with Gasteiger partial charge in [-0.15, -0.1) is 11.8 Å². The Kier molecular flexibility index (Phi) is 7.99. The van der Waals surface area contributed by atoms with Gasteiger partial charge in [-0.2, -0.15) is 5.26 Å². The fraction of sp³-hybridized carbons (Fsp3) is 0.263. The molecule has 130 valence electrons. The van der Waals surface area contributed by atoms with Crippen molar-refractivity contribution in [3.05, 3.63) is 58.6 Å². The SMILES string of the molecule is CC[C@H](NCC(=O)Nc1ccccc1SCC#N)c1ccc(Br)cc1. The number of hydrogen-bond acceptors (Lipinski definition) is 4. The average molecular weight is 418 g/mol. The zero-order chi connectivity index (χ0) is 18.1. The van der Waals surface area contributed by atoms with Crippen molar-refractivity contribution in [3.8, 4) is 6.07 Å². The molecule has 0 saturated heterocycles. The summed E-state index contributed by atoms with van der Waals surface area (Å²) >= 11 is 4.85. The van der Waals surface area contributed by atoms with E-state index < -0.39 is 0 Å². The van der Waals surface area contributed by atoms with Crippen LogP contribution in [0.5, 0.6) is 0 Å². The molecular formula is C19H20BrN3OS. The van der Waals surface area contributed by atoms with Gasteiger partial charge in [0, 0.05) is 15.4 Å². The lowest BCUT2D eigenvalue weighted by molar-refractivity contribution is -0.115. The van der Waals surface area contributed by atoms with Crippen molar-refractivity contribution in [3.63, 3.8) is 0 Å². The van der Waals surface area contributed by atoms with Crippen LogP contribution in [0.1, 0.15) is 24.9 Å². The lowest BCUT2D eigenvalue weighted by Gasteiger charge is -2.18. The standard InChI is InChI=1S/C19H20BrN3OS/c1-2-16(14-7-9-15(20)10-8-14)22-13-19(24)23-17-5-3-4-6-18(17)25-12-11-21/h3-10,16,22H,2,12-13H2,1H3,(H,23,24)/t16-/m0/s1. The molecule has 0 unspecified atom stereocenters. The summed E-state index contributed by atoms with van der Waals surface area (Å²) in [7, 11) is 0. The summed E-state index contributed by atoms with van der Waals surface area (Å²) in [6.45, 7) is 2.32. The highest BCUT2D eigenvalue weighted by Gasteiger charge is 2.12. The van der Waals surface area contributed by atoms with Crippen molar-refractivity contribution >= 4 is 39.3 Å². The lowest BCUT2D eigenvalue weighted by atomic mass is 10.0. The summed E-state index contributed by atoms with van der Waals surface area (Å²) in [5.41, 5.74) is 1.90. The molecule has 4 nitrogen and oxygen atoms in total. The van der Waals surface area contributed by atoms with Gasteiger partial charge in [0.05, 0.1) is 24.1 Å². The Hall–Kier alpha value is -1.81. The van der Waals surface area contributed by atoms with Crippen LogP contribution in [0.2, 0.25) is 0 Å². The van der Waals surface area contributed by atoms with Crippen LogP contribution < -0.4 is 10.6 Å². The smallest absolute Gasteiger partial charge is 0.238 e. The van der Waals surface area contributed by atoms with E-state index in [9.17, 15) is 4.79 Å². The molecule has 2 aromatic rings. The number of rotatable bonds is 8. The number of nitrogens with one attached hydrogen (secondary N) is 2. The van der Waals surface area contributed by atoms with Crippen LogP contribution in [0.3, 0.4) is 0 Å².